The van der Waals surface area contributed by atoms with Crippen molar-refractivity contribution in [3.8, 4) is 5.75 Å². The van der Waals surface area contributed by atoms with Gasteiger partial charge < -0.3 is 9.64 Å². The van der Waals surface area contributed by atoms with Crippen LogP contribution in [0.1, 0.15) is 37.3 Å². The van der Waals surface area contributed by atoms with Gasteiger partial charge in [0.2, 0.25) is 0 Å². The number of aliphatic imine (C=N–C) groups is 1. The third kappa shape index (κ3) is 2.60. The number of hydrazine groups is 1. The first-order chi connectivity index (χ1) is 12.7. The molecule has 0 bridgehead atoms. The van der Waals surface area contributed by atoms with Crippen LogP contribution in [0.4, 0.5) is 4.39 Å². The summed E-state index contributed by atoms with van der Waals surface area (Å²) in [5.74, 6) is 2.48. The summed E-state index contributed by atoms with van der Waals surface area (Å²) in [4.78, 5) is 7.19. The maximum Gasteiger partial charge on any atom is 0.146 e. The number of methoxy groups -OCH3 is 1. The third-order valence-electron chi connectivity index (χ3n) is 5.63. The second-order valence-corrected chi connectivity index (χ2v) is 7.28. The van der Waals surface area contributed by atoms with Crippen molar-refractivity contribution in [1.82, 2.24) is 14.9 Å². The molecule has 136 valence electrons. The minimum Gasteiger partial charge on any atom is -0.496 e. The van der Waals surface area contributed by atoms with Crippen LogP contribution < -0.4 is 4.74 Å². The van der Waals surface area contributed by atoms with Gasteiger partial charge in [0.15, 0.2) is 0 Å². The molecule has 26 heavy (non-hydrogen) atoms. The molecule has 2 fully saturated rings. The van der Waals surface area contributed by atoms with E-state index in [4.69, 9.17) is 9.73 Å². The second kappa shape index (κ2) is 6.13. The van der Waals surface area contributed by atoms with Gasteiger partial charge in [-0.15, -0.1) is 0 Å². The van der Waals surface area contributed by atoms with Gasteiger partial charge in [0.05, 0.1) is 13.2 Å². The maximum absolute atomic E-state index is 13.9. The van der Waals surface area contributed by atoms with Gasteiger partial charge in [0.25, 0.3) is 0 Å². The summed E-state index contributed by atoms with van der Waals surface area (Å²) in [6, 6.07) is 5.53. The molecule has 1 aromatic carbocycles. The molecule has 5 rings (SSSR count). The standard InChI is InChI=1S/C20H23FN4O/c1-26-18-7-4-14(21)13-16(18)17-3-2-10-23(17)19-8-12-25-20(22-19)9-11-24(25)15-5-6-15/h4,7-9,12-13,15,17H,2-3,5-6,10-11H2,1H3/t17-/m1/s1. The summed E-state index contributed by atoms with van der Waals surface area (Å²) in [7, 11) is 1.64. The first kappa shape index (κ1) is 15.9. The molecule has 0 N–H and O–H groups in total. The SMILES string of the molecule is COc1ccc(F)cc1[C@H]1CCCN1C1=NC2=CCN(C3CC3)N2C=C1. The number of nitrogens with zero attached hydrogens (tertiary/aromatic N) is 4. The predicted molar refractivity (Wildman–Crippen MR) is 97.9 cm³/mol. The van der Waals surface area contributed by atoms with E-state index in [0.717, 1.165) is 48.9 Å². The van der Waals surface area contributed by atoms with Gasteiger partial charge in [0, 0.05) is 30.9 Å². The maximum atomic E-state index is 13.9. The summed E-state index contributed by atoms with van der Waals surface area (Å²) in [6.07, 6.45) is 11.0. The Morgan fingerprint density at radius 1 is 1.23 bits per heavy atom. The molecule has 6 heteroatoms. The van der Waals surface area contributed by atoms with E-state index >= 15 is 0 Å². The fourth-order valence-corrected chi connectivity index (χ4v) is 4.23. The number of ether oxygens (including phenoxy) is 1. The third-order valence-corrected chi connectivity index (χ3v) is 5.63. The summed E-state index contributed by atoms with van der Waals surface area (Å²) in [5, 5.41) is 4.55. The number of benzene rings is 1. The van der Waals surface area contributed by atoms with Crippen LogP contribution in [0.25, 0.3) is 0 Å². The quantitative estimate of drug-likeness (QED) is 0.832. The molecular weight excluding hydrogens is 331 g/mol. The molecule has 0 amide bonds. The van der Waals surface area contributed by atoms with Crippen molar-refractivity contribution in [2.24, 2.45) is 4.99 Å². The zero-order valence-corrected chi connectivity index (χ0v) is 14.9. The van der Waals surface area contributed by atoms with Crippen molar-refractivity contribution in [2.45, 2.75) is 37.8 Å². The average molecular weight is 354 g/mol. The Bertz CT molecular complexity index is 814. The van der Waals surface area contributed by atoms with E-state index in [1.165, 1.54) is 18.9 Å². The molecule has 1 saturated heterocycles. The van der Waals surface area contributed by atoms with Crippen molar-refractivity contribution < 1.29 is 9.13 Å². The monoisotopic (exact) mass is 354 g/mol. The lowest BCUT2D eigenvalue weighted by molar-refractivity contribution is 0.0786. The fourth-order valence-electron chi connectivity index (χ4n) is 4.23. The molecule has 4 aliphatic rings. The van der Waals surface area contributed by atoms with Crippen LogP contribution in [0.2, 0.25) is 0 Å². The molecule has 1 aromatic rings. The first-order valence-corrected chi connectivity index (χ1v) is 9.37. The van der Waals surface area contributed by atoms with Crippen LogP contribution in [0.15, 0.2) is 47.4 Å². The number of amidine groups is 1. The molecule has 0 aromatic heterocycles. The van der Waals surface area contributed by atoms with Gasteiger partial charge in [0.1, 0.15) is 23.2 Å². The number of halogens is 1. The largest absolute Gasteiger partial charge is 0.496 e. The van der Waals surface area contributed by atoms with Gasteiger partial charge in [-0.25, -0.2) is 14.4 Å². The fraction of sp³-hybridized carbons (Fsp3) is 0.450. The smallest absolute Gasteiger partial charge is 0.146 e. The van der Waals surface area contributed by atoms with E-state index in [-0.39, 0.29) is 11.9 Å². The van der Waals surface area contributed by atoms with Crippen LogP contribution in [0.5, 0.6) is 5.75 Å². The topological polar surface area (TPSA) is 31.3 Å². The van der Waals surface area contributed by atoms with E-state index in [2.05, 4.69) is 33.3 Å². The molecule has 0 unspecified atom stereocenters. The molecule has 1 atom stereocenters. The molecule has 1 saturated carbocycles. The average Bonchev–Trinajstić information content (AvgIpc) is 3.23. The van der Waals surface area contributed by atoms with Crippen molar-refractivity contribution in [1.29, 1.82) is 0 Å². The van der Waals surface area contributed by atoms with Gasteiger partial charge in [-0.2, -0.15) is 0 Å². The van der Waals surface area contributed by atoms with Crippen LogP contribution in [0.3, 0.4) is 0 Å². The normalized spacial score (nSPS) is 25.4. The van der Waals surface area contributed by atoms with E-state index in [1.807, 2.05) is 0 Å². The van der Waals surface area contributed by atoms with Crippen molar-refractivity contribution in [3.05, 3.63) is 53.8 Å². The Morgan fingerprint density at radius 2 is 2.12 bits per heavy atom. The molecule has 0 radical (unpaired) electrons. The summed E-state index contributed by atoms with van der Waals surface area (Å²) in [5.41, 5.74) is 0.906. The molecule has 3 heterocycles. The minimum absolute atomic E-state index is 0.0946. The van der Waals surface area contributed by atoms with E-state index in [9.17, 15) is 4.39 Å². The van der Waals surface area contributed by atoms with Crippen molar-refractivity contribution >= 4 is 5.84 Å². The van der Waals surface area contributed by atoms with Crippen LogP contribution in [-0.4, -0.2) is 47.0 Å². The molecule has 3 aliphatic heterocycles. The van der Waals surface area contributed by atoms with E-state index < -0.39 is 0 Å². The minimum atomic E-state index is -0.224. The Kier molecular flexibility index (Phi) is 3.74. The lowest BCUT2D eigenvalue weighted by atomic mass is 10.0. The highest BCUT2D eigenvalue weighted by atomic mass is 19.1. The number of likely N-dealkylation sites (tertiary alicyclic amines) is 1. The van der Waals surface area contributed by atoms with Crippen molar-refractivity contribution in [3.63, 3.8) is 0 Å². The van der Waals surface area contributed by atoms with Crippen LogP contribution in [-0.2, 0) is 0 Å². The zero-order chi connectivity index (χ0) is 17.7. The Morgan fingerprint density at radius 3 is 2.92 bits per heavy atom. The summed E-state index contributed by atoms with van der Waals surface area (Å²) >= 11 is 0. The zero-order valence-electron chi connectivity index (χ0n) is 14.9. The highest BCUT2D eigenvalue weighted by Crippen LogP contribution is 2.39. The second-order valence-electron chi connectivity index (χ2n) is 7.28. The lowest BCUT2D eigenvalue weighted by Crippen LogP contribution is -2.38. The Hall–Kier alpha value is -2.34. The van der Waals surface area contributed by atoms with Gasteiger partial charge in [-0.3, -0.25) is 5.01 Å². The van der Waals surface area contributed by atoms with Crippen molar-refractivity contribution in [2.75, 3.05) is 20.2 Å². The highest BCUT2D eigenvalue weighted by Gasteiger charge is 2.38. The Labute approximate surface area is 153 Å². The summed E-state index contributed by atoms with van der Waals surface area (Å²) < 4.78 is 19.4. The lowest BCUT2D eigenvalue weighted by Gasteiger charge is -2.33. The predicted octanol–water partition coefficient (Wildman–Crippen LogP) is 3.43. The number of fused-ring (bicyclic) bond motifs is 1. The van der Waals surface area contributed by atoms with E-state index in [0.29, 0.717) is 6.04 Å². The van der Waals surface area contributed by atoms with Crippen LogP contribution in [0, 0.1) is 5.82 Å². The van der Waals surface area contributed by atoms with Gasteiger partial charge in [-0.1, -0.05) is 0 Å². The molecule has 0 spiro atoms. The number of rotatable bonds is 3. The first-order valence-electron chi connectivity index (χ1n) is 9.37. The number of hydrogen-bond donors (Lipinski definition) is 0. The highest BCUT2D eigenvalue weighted by molar-refractivity contribution is 5.95. The van der Waals surface area contributed by atoms with Gasteiger partial charge >= 0.3 is 0 Å². The Balaban J connectivity index is 1.43. The molecule has 1 aliphatic carbocycles. The summed E-state index contributed by atoms with van der Waals surface area (Å²) in [6.45, 7) is 1.86. The molecule has 5 nitrogen and oxygen atoms in total. The van der Waals surface area contributed by atoms with Gasteiger partial charge in [-0.05, 0) is 56.0 Å². The van der Waals surface area contributed by atoms with E-state index in [1.54, 1.807) is 19.2 Å². The van der Waals surface area contributed by atoms with Crippen LogP contribution >= 0.6 is 0 Å². The molecular formula is C20H23FN4O. The number of hydrogen-bond acceptors (Lipinski definition) is 5.